The minimum Gasteiger partial charge on any atom is -0.497 e. The molecule has 0 bridgehead atoms. The topological polar surface area (TPSA) is 120 Å². The molecular weight excluding hydrogens is 564 g/mol. The monoisotopic (exact) mass is 593 g/mol. The molecule has 0 radical (unpaired) electrons. The first-order chi connectivity index (χ1) is 19.1. The maximum atomic E-state index is 12.7. The largest absolute Gasteiger partial charge is 0.497 e. The van der Waals surface area contributed by atoms with Crippen molar-refractivity contribution in [3.63, 3.8) is 0 Å². The van der Waals surface area contributed by atoms with E-state index in [1.54, 1.807) is 19.5 Å². The fraction of sp³-hybridized carbons (Fsp3) is 0.462. The number of methoxy groups -OCH3 is 1. The van der Waals surface area contributed by atoms with Gasteiger partial charge in [-0.1, -0.05) is 12.1 Å². The molecule has 9 nitrogen and oxygen atoms in total. The number of aliphatic carboxylic acids is 2. The van der Waals surface area contributed by atoms with Gasteiger partial charge in [-0.2, -0.15) is 26.3 Å². The van der Waals surface area contributed by atoms with Gasteiger partial charge in [-0.05, 0) is 67.6 Å². The zero-order valence-corrected chi connectivity index (χ0v) is 21.9. The molecule has 2 aliphatic heterocycles. The molecule has 0 atom stereocenters. The molecular formula is C26H29F6N3O6. The molecule has 0 saturated carbocycles. The average Bonchev–Trinajstić information content (AvgIpc) is 3.34. The Balaban J connectivity index is 0.000000349. The summed E-state index contributed by atoms with van der Waals surface area (Å²) in [7, 11) is 1.70. The second-order valence-electron chi connectivity index (χ2n) is 9.45. The van der Waals surface area contributed by atoms with E-state index < -0.39 is 24.3 Å². The minimum absolute atomic E-state index is 0.126. The number of carbonyl (C=O) groups excluding carboxylic acids is 1. The van der Waals surface area contributed by atoms with Gasteiger partial charge in [0.2, 0.25) is 0 Å². The predicted molar refractivity (Wildman–Crippen MR) is 132 cm³/mol. The zero-order chi connectivity index (χ0) is 30.8. The number of ether oxygens (including phenoxy) is 1. The fourth-order valence-electron chi connectivity index (χ4n) is 4.36. The van der Waals surface area contributed by atoms with Crippen LogP contribution in [0.25, 0.3) is 0 Å². The summed E-state index contributed by atoms with van der Waals surface area (Å²) < 4.78 is 68.7. The molecule has 3 heterocycles. The van der Waals surface area contributed by atoms with Crippen LogP contribution in [-0.4, -0.2) is 88.5 Å². The van der Waals surface area contributed by atoms with Crippen LogP contribution in [0.2, 0.25) is 0 Å². The number of halogens is 6. The summed E-state index contributed by atoms with van der Waals surface area (Å²) in [6.45, 7) is 4.93. The molecule has 2 N–H and O–H groups in total. The van der Waals surface area contributed by atoms with Gasteiger partial charge < -0.3 is 19.8 Å². The Hall–Kier alpha value is -3.88. The number of alkyl halides is 6. The molecule has 1 spiro atoms. The second-order valence-corrected chi connectivity index (χ2v) is 9.45. The summed E-state index contributed by atoms with van der Waals surface area (Å²) in [4.78, 5) is 39.1. The van der Waals surface area contributed by atoms with Crippen LogP contribution >= 0.6 is 0 Å². The number of benzene rings is 1. The Morgan fingerprint density at radius 3 is 1.85 bits per heavy atom. The number of carboxylic acids is 2. The quantitative estimate of drug-likeness (QED) is 0.498. The Morgan fingerprint density at radius 1 is 0.902 bits per heavy atom. The number of amides is 1. The first kappa shape index (κ1) is 33.3. The van der Waals surface area contributed by atoms with Crippen LogP contribution in [0, 0.1) is 5.41 Å². The van der Waals surface area contributed by atoms with Crippen molar-refractivity contribution >= 4 is 17.8 Å². The lowest BCUT2D eigenvalue weighted by atomic mass is 9.77. The van der Waals surface area contributed by atoms with Crippen molar-refractivity contribution in [1.82, 2.24) is 14.8 Å². The van der Waals surface area contributed by atoms with E-state index in [1.165, 1.54) is 18.4 Å². The van der Waals surface area contributed by atoms with E-state index >= 15 is 0 Å². The van der Waals surface area contributed by atoms with Gasteiger partial charge >= 0.3 is 24.3 Å². The number of hydrogen-bond acceptors (Lipinski definition) is 6. The van der Waals surface area contributed by atoms with E-state index in [-0.39, 0.29) is 5.91 Å². The molecule has 0 unspecified atom stereocenters. The second kappa shape index (κ2) is 14.1. The highest BCUT2D eigenvalue weighted by Crippen LogP contribution is 2.41. The van der Waals surface area contributed by atoms with Gasteiger partial charge in [-0.15, -0.1) is 0 Å². The summed E-state index contributed by atoms with van der Waals surface area (Å²) in [5.41, 5.74) is 2.33. The minimum atomic E-state index is -5.08. The molecule has 1 amide bonds. The van der Waals surface area contributed by atoms with Crippen molar-refractivity contribution in [3.8, 4) is 5.75 Å². The molecule has 0 aliphatic carbocycles. The Morgan fingerprint density at radius 2 is 1.41 bits per heavy atom. The average molecular weight is 594 g/mol. The summed E-state index contributed by atoms with van der Waals surface area (Å²) in [5.74, 6) is -4.48. The summed E-state index contributed by atoms with van der Waals surface area (Å²) in [5, 5.41) is 14.2. The predicted octanol–water partition coefficient (Wildman–Crippen LogP) is 4.49. The molecule has 2 fully saturated rings. The zero-order valence-electron chi connectivity index (χ0n) is 21.9. The number of nitrogens with zero attached hydrogens (tertiary/aromatic N) is 3. The van der Waals surface area contributed by atoms with Crippen molar-refractivity contribution < 1.29 is 55.7 Å². The van der Waals surface area contributed by atoms with Crippen molar-refractivity contribution in [2.45, 2.75) is 38.2 Å². The highest BCUT2D eigenvalue weighted by Gasteiger charge is 2.42. The molecule has 1 aromatic heterocycles. The third-order valence-corrected chi connectivity index (χ3v) is 6.60. The maximum absolute atomic E-state index is 12.7. The molecule has 2 aromatic rings. The lowest BCUT2D eigenvalue weighted by Gasteiger charge is -2.39. The van der Waals surface area contributed by atoms with Crippen molar-refractivity contribution in [3.05, 3.63) is 59.9 Å². The lowest BCUT2D eigenvalue weighted by molar-refractivity contribution is -0.193. The number of piperidine rings is 1. The van der Waals surface area contributed by atoms with E-state index in [0.29, 0.717) is 11.0 Å². The normalized spacial score (nSPS) is 16.6. The first-order valence-electron chi connectivity index (χ1n) is 12.2. The molecule has 2 aliphatic rings. The third kappa shape index (κ3) is 10.6. The van der Waals surface area contributed by atoms with Gasteiger partial charge in [0.05, 0.1) is 12.7 Å². The van der Waals surface area contributed by atoms with Crippen molar-refractivity contribution in [2.75, 3.05) is 33.3 Å². The molecule has 41 heavy (non-hydrogen) atoms. The van der Waals surface area contributed by atoms with Gasteiger partial charge in [0.15, 0.2) is 0 Å². The van der Waals surface area contributed by atoms with Gasteiger partial charge in [0.25, 0.3) is 5.91 Å². The molecule has 1 aromatic carbocycles. The number of pyridine rings is 1. The first-order valence-corrected chi connectivity index (χ1v) is 12.2. The standard InChI is InChI=1S/C22H27N3O2.2C2HF3O2/c1-27-20-6-4-18(5-7-20)16-24-12-8-22(9-13-24)10-14-25(17-22)21(26)19-3-2-11-23-15-19;2*3-2(4,5)1(6)7/h2-7,11,15H,8-10,12-14,16-17H2,1H3;2*(H,6,7). The number of carboxylic acid groups (broad SMARTS) is 2. The summed E-state index contributed by atoms with van der Waals surface area (Å²) in [6.07, 6.45) is -3.33. The molecule has 2 saturated heterocycles. The van der Waals surface area contributed by atoms with Crippen LogP contribution in [0.5, 0.6) is 5.75 Å². The van der Waals surface area contributed by atoms with Gasteiger partial charge in [0.1, 0.15) is 5.75 Å². The summed E-state index contributed by atoms with van der Waals surface area (Å²) in [6, 6.07) is 12.0. The van der Waals surface area contributed by atoms with E-state index in [4.69, 9.17) is 24.5 Å². The van der Waals surface area contributed by atoms with Crippen LogP contribution in [0.4, 0.5) is 26.3 Å². The van der Waals surface area contributed by atoms with Crippen LogP contribution < -0.4 is 4.74 Å². The lowest BCUT2D eigenvalue weighted by Crippen LogP contribution is -2.41. The number of carbonyl (C=O) groups is 3. The van der Waals surface area contributed by atoms with Crippen molar-refractivity contribution in [2.24, 2.45) is 5.41 Å². The smallest absolute Gasteiger partial charge is 0.490 e. The summed E-state index contributed by atoms with van der Waals surface area (Å²) >= 11 is 0. The third-order valence-electron chi connectivity index (χ3n) is 6.60. The Labute approximate surface area is 231 Å². The van der Waals surface area contributed by atoms with Crippen LogP contribution in [0.3, 0.4) is 0 Å². The Bertz CT molecular complexity index is 1130. The highest BCUT2D eigenvalue weighted by atomic mass is 19.4. The number of aromatic nitrogens is 1. The maximum Gasteiger partial charge on any atom is 0.490 e. The number of hydrogen-bond donors (Lipinski definition) is 2. The van der Waals surface area contributed by atoms with Gasteiger partial charge in [-0.3, -0.25) is 14.7 Å². The van der Waals surface area contributed by atoms with Gasteiger partial charge in [-0.25, -0.2) is 9.59 Å². The van der Waals surface area contributed by atoms with Crippen LogP contribution in [0.15, 0.2) is 48.8 Å². The van der Waals surface area contributed by atoms with E-state index in [0.717, 1.165) is 44.9 Å². The number of likely N-dealkylation sites (tertiary alicyclic amines) is 2. The van der Waals surface area contributed by atoms with Crippen LogP contribution in [0.1, 0.15) is 35.2 Å². The molecule has 15 heteroatoms. The fourth-order valence-corrected chi connectivity index (χ4v) is 4.36. The van der Waals surface area contributed by atoms with Crippen LogP contribution in [-0.2, 0) is 16.1 Å². The van der Waals surface area contributed by atoms with Crippen molar-refractivity contribution in [1.29, 1.82) is 0 Å². The Kier molecular flexibility index (Phi) is 11.5. The van der Waals surface area contributed by atoms with Gasteiger partial charge in [0, 0.05) is 32.0 Å². The van der Waals surface area contributed by atoms with E-state index in [2.05, 4.69) is 22.0 Å². The van der Waals surface area contributed by atoms with E-state index in [9.17, 15) is 31.1 Å². The number of rotatable bonds is 4. The molecule has 4 rings (SSSR count). The van der Waals surface area contributed by atoms with E-state index in [1.807, 2.05) is 29.2 Å². The highest BCUT2D eigenvalue weighted by molar-refractivity contribution is 5.94. The SMILES string of the molecule is COc1ccc(CN2CCC3(CC2)CCN(C(=O)c2cccnc2)C3)cc1.O=C(O)C(F)(F)F.O=C(O)C(F)(F)F. The molecule has 226 valence electrons.